The first-order valence-electron chi connectivity index (χ1n) is 11.2. The van der Waals surface area contributed by atoms with Crippen molar-refractivity contribution in [2.24, 2.45) is 5.41 Å². The van der Waals surface area contributed by atoms with Gasteiger partial charge in [-0.2, -0.15) is 0 Å². The first-order valence-corrected chi connectivity index (χ1v) is 11.2. The van der Waals surface area contributed by atoms with Crippen LogP contribution in [0.2, 0.25) is 0 Å². The number of phenols is 1. The van der Waals surface area contributed by atoms with Crippen molar-refractivity contribution in [3.63, 3.8) is 0 Å². The Kier molecular flexibility index (Phi) is 13.7. The number of rotatable bonds is 11. The average Bonchev–Trinajstić information content (AvgIpc) is 2.58. The summed E-state index contributed by atoms with van der Waals surface area (Å²) in [6.07, 6.45) is 4.53. The second-order valence-corrected chi connectivity index (χ2v) is 10.4. The Morgan fingerprint density at radius 3 is 1.77 bits per heavy atom. The topological polar surface area (TPSA) is 67.2 Å². The number of aromatic hydroxyl groups is 1. The molecule has 2 N–H and O–H groups in total. The van der Waals surface area contributed by atoms with Crippen molar-refractivity contribution in [3.05, 3.63) is 28.8 Å². The predicted octanol–water partition coefficient (Wildman–Crippen LogP) is 4.64. The first kappa shape index (κ1) is 29.4. The minimum Gasteiger partial charge on any atom is -0.508 e. The molecule has 0 aliphatic rings. The lowest BCUT2D eigenvalue weighted by Gasteiger charge is -2.23. The number of nitrogens with zero attached hydrogens (tertiary/aromatic N) is 3. The second kappa shape index (κ2) is 14.4. The number of hydrogen-bond acceptors (Lipinski definition) is 5. The van der Waals surface area contributed by atoms with Gasteiger partial charge < -0.3 is 24.9 Å². The highest BCUT2D eigenvalue weighted by Crippen LogP contribution is 2.27. The molecule has 6 nitrogen and oxygen atoms in total. The van der Waals surface area contributed by atoms with Crippen molar-refractivity contribution in [3.8, 4) is 5.75 Å². The van der Waals surface area contributed by atoms with E-state index in [9.17, 15) is 9.90 Å². The molecule has 0 spiro atoms. The monoisotopic (exact) mass is 437 g/mol. The smallest absolute Gasteiger partial charge is 0.303 e. The first-order chi connectivity index (χ1) is 14.2. The summed E-state index contributed by atoms with van der Waals surface area (Å²) in [5.74, 6) is -0.279. The molecule has 0 aromatic heterocycles. The van der Waals surface area contributed by atoms with Crippen LogP contribution in [0.15, 0.2) is 12.1 Å². The third-order valence-corrected chi connectivity index (χ3v) is 4.76. The molecular formula is C25H47N3O3. The molecule has 31 heavy (non-hydrogen) atoms. The molecule has 0 unspecified atom stereocenters. The molecule has 1 aromatic rings. The standard InChI is InChI=1S/C15H27N3O.C10H20O2/c1-16(2)9-12-7-8-15(19)14(11-18(5)6)13(12)10-17(3)4;1-10(2,3)8-6-4-5-7-9(11)12/h7-8,19H,9-11H2,1-6H3;4-8H2,1-3H3,(H,11,12). The minimum atomic E-state index is -0.675. The summed E-state index contributed by atoms with van der Waals surface area (Å²) >= 11 is 0. The van der Waals surface area contributed by atoms with Crippen molar-refractivity contribution in [1.29, 1.82) is 0 Å². The van der Waals surface area contributed by atoms with E-state index in [-0.39, 0.29) is 0 Å². The Labute approximate surface area is 190 Å². The van der Waals surface area contributed by atoms with Gasteiger partial charge in [0.25, 0.3) is 0 Å². The van der Waals surface area contributed by atoms with Crippen LogP contribution in [0.3, 0.4) is 0 Å². The van der Waals surface area contributed by atoms with E-state index < -0.39 is 5.97 Å². The number of hydrogen-bond donors (Lipinski definition) is 2. The van der Waals surface area contributed by atoms with Gasteiger partial charge in [-0.05, 0) is 77.7 Å². The fourth-order valence-electron chi connectivity index (χ4n) is 3.33. The van der Waals surface area contributed by atoms with Gasteiger partial charge in [-0.15, -0.1) is 0 Å². The van der Waals surface area contributed by atoms with Gasteiger partial charge in [0.2, 0.25) is 0 Å². The summed E-state index contributed by atoms with van der Waals surface area (Å²) in [5, 5.41) is 18.5. The van der Waals surface area contributed by atoms with Crippen molar-refractivity contribution >= 4 is 5.97 Å². The molecule has 0 heterocycles. The summed E-state index contributed by atoms with van der Waals surface area (Å²) in [6, 6.07) is 3.85. The van der Waals surface area contributed by atoms with Gasteiger partial charge in [-0.25, -0.2) is 0 Å². The fraction of sp³-hybridized carbons (Fsp3) is 0.720. The Balaban J connectivity index is 0.000000649. The van der Waals surface area contributed by atoms with Crippen LogP contribution in [-0.4, -0.2) is 73.2 Å². The van der Waals surface area contributed by atoms with Crippen molar-refractivity contribution < 1.29 is 15.0 Å². The molecule has 0 aliphatic carbocycles. The molecule has 0 radical (unpaired) electrons. The Hall–Kier alpha value is -1.63. The van der Waals surface area contributed by atoms with E-state index in [2.05, 4.69) is 63.7 Å². The molecule has 180 valence electrons. The molecule has 0 bridgehead atoms. The zero-order valence-electron chi connectivity index (χ0n) is 21.5. The lowest BCUT2D eigenvalue weighted by atomic mass is 9.89. The maximum absolute atomic E-state index is 10.2. The maximum Gasteiger partial charge on any atom is 0.303 e. The SMILES string of the molecule is CC(C)(C)CCCCCC(=O)O.CN(C)Cc1ccc(O)c(CN(C)C)c1CN(C)C. The molecule has 0 amide bonds. The summed E-state index contributed by atoms with van der Waals surface area (Å²) in [6.45, 7) is 9.14. The molecule has 0 aliphatic heterocycles. The Morgan fingerprint density at radius 1 is 0.806 bits per heavy atom. The minimum absolute atomic E-state index is 0.324. The van der Waals surface area contributed by atoms with Crippen LogP contribution in [-0.2, 0) is 24.4 Å². The Bertz CT molecular complexity index is 650. The van der Waals surface area contributed by atoms with E-state index in [1.54, 1.807) is 0 Å². The molecule has 0 fully saturated rings. The van der Waals surface area contributed by atoms with Gasteiger partial charge in [-0.3, -0.25) is 4.79 Å². The third-order valence-electron chi connectivity index (χ3n) is 4.76. The van der Waals surface area contributed by atoms with Gasteiger partial charge >= 0.3 is 5.97 Å². The van der Waals surface area contributed by atoms with Crippen LogP contribution in [0.25, 0.3) is 0 Å². The van der Waals surface area contributed by atoms with Crippen LogP contribution in [0.5, 0.6) is 5.75 Å². The normalized spacial score (nSPS) is 11.7. The van der Waals surface area contributed by atoms with Gasteiger partial charge in [0, 0.05) is 31.6 Å². The Morgan fingerprint density at radius 2 is 1.32 bits per heavy atom. The summed E-state index contributed by atoms with van der Waals surface area (Å²) < 4.78 is 0. The number of benzene rings is 1. The number of carbonyl (C=O) groups is 1. The molecule has 0 atom stereocenters. The number of carboxylic acid groups (broad SMARTS) is 1. The van der Waals surface area contributed by atoms with Crippen molar-refractivity contribution in [2.45, 2.75) is 72.5 Å². The fourth-order valence-corrected chi connectivity index (χ4v) is 3.33. The molecule has 1 rings (SSSR count). The predicted molar refractivity (Wildman–Crippen MR) is 130 cm³/mol. The highest BCUT2D eigenvalue weighted by Gasteiger charge is 2.15. The van der Waals surface area contributed by atoms with E-state index in [4.69, 9.17) is 5.11 Å². The molecule has 0 saturated heterocycles. The van der Waals surface area contributed by atoms with Crippen LogP contribution in [0, 0.1) is 5.41 Å². The highest BCUT2D eigenvalue weighted by molar-refractivity contribution is 5.66. The number of phenolic OH excluding ortho intramolecular Hbond substituents is 1. The van der Waals surface area contributed by atoms with Crippen molar-refractivity contribution in [1.82, 2.24) is 14.7 Å². The van der Waals surface area contributed by atoms with E-state index in [1.807, 2.05) is 26.2 Å². The van der Waals surface area contributed by atoms with E-state index in [0.29, 0.717) is 17.6 Å². The van der Waals surface area contributed by atoms with E-state index in [0.717, 1.165) is 44.5 Å². The highest BCUT2D eigenvalue weighted by atomic mass is 16.4. The average molecular weight is 438 g/mol. The van der Waals surface area contributed by atoms with Gasteiger partial charge in [0.15, 0.2) is 0 Å². The van der Waals surface area contributed by atoms with Crippen LogP contribution in [0.1, 0.15) is 69.6 Å². The van der Waals surface area contributed by atoms with E-state index in [1.165, 1.54) is 17.5 Å². The number of aliphatic carboxylic acids is 1. The quantitative estimate of drug-likeness (QED) is 0.492. The summed E-state index contributed by atoms with van der Waals surface area (Å²) in [7, 11) is 12.3. The lowest BCUT2D eigenvalue weighted by Crippen LogP contribution is -2.20. The number of carboxylic acids is 1. The zero-order valence-corrected chi connectivity index (χ0v) is 21.5. The van der Waals surface area contributed by atoms with E-state index >= 15 is 0 Å². The summed E-state index contributed by atoms with van der Waals surface area (Å²) in [4.78, 5) is 16.6. The molecular weight excluding hydrogens is 390 g/mol. The molecule has 1 aromatic carbocycles. The second-order valence-electron chi connectivity index (χ2n) is 10.4. The van der Waals surface area contributed by atoms with Crippen LogP contribution in [0.4, 0.5) is 0 Å². The third kappa shape index (κ3) is 14.9. The van der Waals surface area contributed by atoms with Crippen LogP contribution >= 0.6 is 0 Å². The maximum atomic E-state index is 10.2. The van der Waals surface area contributed by atoms with Crippen LogP contribution < -0.4 is 0 Å². The van der Waals surface area contributed by atoms with Crippen molar-refractivity contribution in [2.75, 3.05) is 42.3 Å². The zero-order chi connectivity index (χ0) is 24.2. The van der Waals surface area contributed by atoms with Gasteiger partial charge in [-0.1, -0.05) is 39.7 Å². The van der Waals surface area contributed by atoms with Gasteiger partial charge in [0.1, 0.15) is 5.75 Å². The molecule has 6 heteroatoms. The lowest BCUT2D eigenvalue weighted by molar-refractivity contribution is -0.137. The largest absolute Gasteiger partial charge is 0.508 e. The summed E-state index contributed by atoms with van der Waals surface area (Å²) in [5.41, 5.74) is 3.96. The van der Waals surface area contributed by atoms with Gasteiger partial charge in [0.05, 0.1) is 0 Å². The molecule has 0 saturated carbocycles. The number of unbranched alkanes of at least 4 members (excludes halogenated alkanes) is 2.